The van der Waals surface area contributed by atoms with Crippen LogP contribution in [0.5, 0.6) is 0 Å². The number of hydrogen-bond donors (Lipinski definition) is 1. The van der Waals surface area contributed by atoms with Gasteiger partial charge in [0.1, 0.15) is 0 Å². The maximum atomic E-state index is 12.0. The van der Waals surface area contributed by atoms with Gasteiger partial charge in [-0.05, 0) is 39.2 Å². The summed E-state index contributed by atoms with van der Waals surface area (Å²) >= 11 is 0. The number of piperidine rings is 2. The van der Waals surface area contributed by atoms with Crippen molar-refractivity contribution in [1.29, 1.82) is 0 Å². The lowest BCUT2D eigenvalue weighted by atomic mass is 9.82. The molecule has 2 fully saturated rings. The van der Waals surface area contributed by atoms with Crippen molar-refractivity contribution in [1.82, 2.24) is 10.2 Å². The number of hydrogen-bond acceptors (Lipinski definition) is 3. The SMILES string of the molecule is C#CCOC(=O)N1C2CCCC1CC(NC)C2. The molecule has 2 unspecified atom stereocenters. The van der Waals surface area contributed by atoms with E-state index in [2.05, 4.69) is 11.2 Å². The number of nitrogens with zero attached hydrogens (tertiary/aromatic N) is 1. The lowest BCUT2D eigenvalue weighted by molar-refractivity contribution is 0.0188. The fourth-order valence-electron chi connectivity index (χ4n) is 3.09. The van der Waals surface area contributed by atoms with Crippen molar-refractivity contribution in [2.24, 2.45) is 0 Å². The Bertz CT molecular complexity index is 310. The largest absolute Gasteiger partial charge is 0.436 e. The van der Waals surface area contributed by atoms with Gasteiger partial charge in [-0.15, -0.1) is 6.42 Å². The first-order valence-electron chi connectivity index (χ1n) is 6.32. The monoisotopic (exact) mass is 236 g/mol. The van der Waals surface area contributed by atoms with E-state index in [9.17, 15) is 4.79 Å². The maximum Gasteiger partial charge on any atom is 0.411 e. The Hall–Kier alpha value is -1.21. The van der Waals surface area contributed by atoms with Crippen molar-refractivity contribution in [2.75, 3.05) is 13.7 Å². The van der Waals surface area contributed by atoms with Gasteiger partial charge in [-0.3, -0.25) is 0 Å². The van der Waals surface area contributed by atoms with Crippen LogP contribution in [0.2, 0.25) is 0 Å². The van der Waals surface area contributed by atoms with Crippen LogP contribution < -0.4 is 5.32 Å². The lowest BCUT2D eigenvalue weighted by Gasteiger charge is -2.47. The second-order valence-electron chi connectivity index (χ2n) is 4.86. The topological polar surface area (TPSA) is 41.6 Å². The number of carbonyl (C=O) groups is 1. The first kappa shape index (κ1) is 12.3. The van der Waals surface area contributed by atoms with Crippen LogP contribution in [0, 0.1) is 12.3 Å². The highest BCUT2D eigenvalue weighted by atomic mass is 16.6. The average Bonchev–Trinajstić information content (AvgIpc) is 2.34. The van der Waals surface area contributed by atoms with E-state index in [1.54, 1.807) is 0 Å². The summed E-state index contributed by atoms with van der Waals surface area (Å²) in [4.78, 5) is 13.9. The minimum Gasteiger partial charge on any atom is -0.436 e. The van der Waals surface area contributed by atoms with E-state index in [0.717, 1.165) is 25.7 Å². The highest BCUT2D eigenvalue weighted by Gasteiger charge is 2.41. The molecule has 2 rings (SSSR count). The normalized spacial score (nSPS) is 31.8. The quantitative estimate of drug-likeness (QED) is 0.736. The van der Waals surface area contributed by atoms with E-state index in [1.807, 2.05) is 11.9 Å². The molecule has 2 heterocycles. The van der Waals surface area contributed by atoms with Crippen molar-refractivity contribution in [2.45, 2.75) is 50.2 Å². The zero-order valence-corrected chi connectivity index (χ0v) is 10.3. The van der Waals surface area contributed by atoms with E-state index >= 15 is 0 Å². The number of terminal acetylenes is 1. The third-order valence-corrected chi connectivity index (χ3v) is 3.87. The predicted octanol–water partition coefficient (Wildman–Crippen LogP) is 1.36. The molecular weight excluding hydrogens is 216 g/mol. The van der Waals surface area contributed by atoms with Crippen LogP contribution in [0.15, 0.2) is 0 Å². The van der Waals surface area contributed by atoms with E-state index in [4.69, 9.17) is 11.2 Å². The van der Waals surface area contributed by atoms with Crippen LogP contribution in [-0.2, 0) is 4.74 Å². The van der Waals surface area contributed by atoms with Gasteiger partial charge in [0, 0.05) is 18.1 Å². The highest BCUT2D eigenvalue weighted by molar-refractivity contribution is 5.69. The van der Waals surface area contributed by atoms with E-state index in [1.165, 1.54) is 6.42 Å². The van der Waals surface area contributed by atoms with Crippen LogP contribution >= 0.6 is 0 Å². The molecule has 2 bridgehead atoms. The lowest BCUT2D eigenvalue weighted by Crippen LogP contribution is -2.58. The average molecular weight is 236 g/mol. The molecule has 0 aromatic rings. The minimum absolute atomic E-state index is 0.0736. The van der Waals surface area contributed by atoms with Gasteiger partial charge in [0.15, 0.2) is 6.61 Å². The van der Waals surface area contributed by atoms with Gasteiger partial charge in [-0.1, -0.05) is 5.92 Å². The van der Waals surface area contributed by atoms with Gasteiger partial charge >= 0.3 is 6.09 Å². The third kappa shape index (κ3) is 2.55. The summed E-state index contributed by atoms with van der Waals surface area (Å²) < 4.78 is 5.07. The number of amides is 1. The summed E-state index contributed by atoms with van der Waals surface area (Å²) in [5.41, 5.74) is 0. The Labute approximate surface area is 103 Å². The maximum absolute atomic E-state index is 12.0. The van der Waals surface area contributed by atoms with E-state index in [0.29, 0.717) is 18.1 Å². The Morgan fingerprint density at radius 3 is 2.65 bits per heavy atom. The van der Waals surface area contributed by atoms with Crippen molar-refractivity contribution < 1.29 is 9.53 Å². The fourth-order valence-corrected chi connectivity index (χ4v) is 3.09. The fraction of sp³-hybridized carbons (Fsp3) is 0.769. The third-order valence-electron chi connectivity index (χ3n) is 3.87. The van der Waals surface area contributed by atoms with Gasteiger partial charge in [0.25, 0.3) is 0 Å². The van der Waals surface area contributed by atoms with E-state index in [-0.39, 0.29) is 12.7 Å². The number of rotatable bonds is 2. The predicted molar refractivity (Wildman–Crippen MR) is 65.5 cm³/mol. The van der Waals surface area contributed by atoms with Crippen LogP contribution in [0.3, 0.4) is 0 Å². The molecule has 4 heteroatoms. The summed E-state index contributed by atoms with van der Waals surface area (Å²) in [6.07, 6.45) is 10.3. The van der Waals surface area contributed by atoms with Crippen LogP contribution in [-0.4, -0.2) is 42.8 Å². The molecule has 1 N–H and O–H groups in total. The molecule has 4 nitrogen and oxygen atoms in total. The Kier molecular flexibility index (Phi) is 3.90. The van der Waals surface area contributed by atoms with Crippen LogP contribution in [0.4, 0.5) is 4.79 Å². The first-order valence-corrected chi connectivity index (χ1v) is 6.32. The summed E-state index contributed by atoms with van der Waals surface area (Å²) in [6.45, 7) is 0.0736. The molecule has 2 saturated heterocycles. The van der Waals surface area contributed by atoms with Gasteiger partial charge < -0.3 is 15.0 Å². The number of fused-ring (bicyclic) bond motifs is 2. The molecule has 94 valence electrons. The molecule has 2 atom stereocenters. The molecule has 0 aromatic heterocycles. The van der Waals surface area contributed by atoms with Crippen molar-refractivity contribution in [3.8, 4) is 12.3 Å². The van der Waals surface area contributed by atoms with E-state index < -0.39 is 0 Å². The Morgan fingerprint density at radius 2 is 2.12 bits per heavy atom. The standard InChI is InChI=1S/C13H20N2O2/c1-3-7-17-13(16)15-11-5-4-6-12(15)9-10(8-11)14-2/h1,10-12,14H,4-9H2,2H3. The Balaban J connectivity index is 2.02. The van der Waals surface area contributed by atoms with Gasteiger partial charge in [-0.25, -0.2) is 4.79 Å². The molecule has 2 aliphatic heterocycles. The summed E-state index contributed by atoms with van der Waals surface area (Å²) in [6, 6.07) is 1.18. The summed E-state index contributed by atoms with van der Waals surface area (Å²) in [5.74, 6) is 2.34. The molecular formula is C13H20N2O2. The molecule has 17 heavy (non-hydrogen) atoms. The summed E-state index contributed by atoms with van der Waals surface area (Å²) in [5, 5.41) is 3.32. The zero-order chi connectivity index (χ0) is 12.3. The molecule has 2 aliphatic rings. The molecule has 1 amide bonds. The minimum atomic E-state index is -0.229. The second-order valence-corrected chi connectivity index (χ2v) is 4.86. The molecule has 0 saturated carbocycles. The van der Waals surface area contributed by atoms with Gasteiger partial charge in [0.2, 0.25) is 0 Å². The molecule has 0 spiro atoms. The van der Waals surface area contributed by atoms with Crippen molar-refractivity contribution in [3.05, 3.63) is 0 Å². The van der Waals surface area contributed by atoms with Crippen LogP contribution in [0.25, 0.3) is 0 Å². The molecule has 0 radical (unpaired) electrons. The number of nitrogens with one attached hydrogen (secondary N) is 1. The smallest absolute Gasteiger partial charge is 0.411 e. The zero-order valence-electron chi connectivity index (χ0n) is 10.3. The molecule has 0 aliphatic carbocycles. The van der Waals surface area contributed by atoms with Crippen LogP contribution in [0.1, 0.15) is 32.1 Å². The number of carbonyl (C=O) groups excluding carboxylic acids is 1. The first-order chi connectivity index (χ1) is 8.26. The van der Waals surface area contributed by atoms with Crippen molar-refractivity contribution >= 4 is 6.09 Å². The van der Waals surface area contributed by atoms with Gasteiger partial charge in [0.05, 0.1) is 0 Å². The second kappa shape index (κ2) is 5.42. The van der Waals surface area contributed by atoms with Gasteiger partial charge in [-0.2, -0.15) is 0 Å². The Morgan fingerprint density at radius 1 is 1.47 bits per heavy atom. The van der Waals surface area contributed by atoms with Crippen molar-refractivity contribution in [3.63, 3.8) is 0 Å². The highest BCUT2D eigenvalue weighted by Crippen LogP contribution is 2.34. The summed E-state index contributed by atoms with van der Waals surface area (Å²) in [7, 11) is 1.99. The number of ether oxygens (including phenoxy) is 1. The molecule has 0 aromatic carbocycles.